The maximum atomic E-state index is 11.9. The highest BCUT2D eigenvalue weighted by molar-refractivity contribution is 6.35. The molecule has 29 heavy (non-hydrogen) atoms. The molecule has 8 heteroatoms. The monoisotopic (exact) mass is 438 g/mol. The van der Waals surface area contributed by atoms with Crippen molar-refractivity contribution in [2.75, 3.05) is 0 Å². The van der Waals surface area contributed by atoms with Crippen LogP contribution in [-0.4, -0.2) is 23.6 Å². The van der Waals surface area contributed by atoms with Crippen LogP contribution in [0.3, 0.4) is 0 Å². The summed E-state index contributed by atoms with van der Waals surface area (Å²) >= 11 is 12.3. The molecule has 0 fully saturated rings. The van der Waals surface area contributed by atoms with Crippen molar-refractivity contribution in [3.05, 3.63) is 63.6 Å². The maximum absolute atomic E-state index is 11.9. The summed E-state index contributed by atoms with van der Waals surface area (Å²) in [7, 11) is 0. The van der Waals surface area contributed by atoms with E-state index in [-0.39, 0.29) is 13.0 Å². The summed E-state index contributed by atoms with van der Waals surface area (Å²) < 4.78 is 10.9. The number of alkyl carbamates (subject to hydrolysis) is 1. The summed E-state index contributed by atoms with van der Waals surface area (Å²) in [5.74, 6) is -0.0370. The number of hydrogen-bond acceptors (Lipinski definition) is 4. The number of nitrogens with one attached hydrogen (secondary N) is 1. The fraction of sp³-hybridized carbons (Fsp3) is 0.333. The normalized spacial score (nSPS) is 12.2. The fourth-order valence-corrected chi connectivity index (χ4v) is 2.96. The minimum atomic E-state index is -0.890. The lowest BCUT2D eigenvalue weighted by molar-refractivity contribution is -0.120. The molecule has 2 aromatic carbocycles. The van der Waals surface area contributed by atoms with Gasteiger partial charge in [-0.3, -0.25) is 4.79 Å². The van der Waals surface area contributed by atoms with Gasteiger partial charge >= 0.3 is 6.09 Å². The quantitative estimate of drug-likeness (QED) is 0.665. The van der Waals surface area contributed by atoms with Gasteiger partial charge in [-0.2, -0.15) is 0 Å². The Morgan fingerprint density at radius 3 is 2.17 bits per heavy atom. The Balaban J connectivity index is 1.97. The Bertz CT molecular complexity index is 844. The van der Waals surface area contributed by atoms with E-state index in [0.717, 1.165) is 5.56 Å². The van der Waals surface area contributed by atoms with Gasteiger partial charge in [0.05, 0.1) is 0 Å². The third kappa shape index (κ3) is 7.48. The Labute approximate surface area is 180 Å². The number of carbonyl (C=O) groups excluding carboxylic acids is 2. The maximum Gasteiger partial charge on any atom is 0.408 e. The van der Waals surface area contributed by atoms with Crippen molar-refractivity contribution in [1.29, 1.82) is 0 Å². The summed E-state index contributed by atoms with van der Waals surface area (Å²) in [4.78, 5) is 23.6. The number of rotatable bonds is 7. The molecule has 2 amide bonds. The molecule has 0 spiro atoms. The summed E-state index contributed by atoms with van der Waals surface area (Å²) in [6, 6.07) is 11.5. The fourth-order valence-electron chi connectivity index (χ4n) is 2.46. The molecule has 0 aliphatic carbocycles. The number of primary amides is 1. The molecule has 0 aliphatic rings. The van der Waals surface area contributed by atoms with Crippen molar-refractivity contribution in [2.24, 2.45) is 5.73 Å². The molecule has 156 valence electrons. The van der Waals surface area contributed by atoms with Gasteiger partial charge < -0.3 is 20.5 Å². The largest absolute Gasteiger partial charge is 0.489 e. The molecular weight excluding hydrogens is 415 g/mol. The summed E-state index contributed by atoms with van der Waals surface area (Å²) in [6.45, 7) is 5.43. The van der Waals surface area contributed by atoms with Gasteiger partial charge in [0.2, 0.25) is 5.91 Å². The molecule has 0 saturated carbocycles. The molecule has 2 rings (SSSR count). The minimum absolute atomic E-state index is 0.224. The van der Waals surface area contributed by atoms with Gasteiger partial charge in [0.25, 0.3) is 0 Å². The molecule has 3 N–H and O–H groups in total. The van der Waals surface area contributed by atoms with Crippen molar-refractivity contribution < 1.29 is 19.1 Å². The summed E-state index contributed by atoms with van der Waals surface area (Å²) in [5.41, 5.74) is 6.24. The zero-order valence-corrected chi connectivity index (χ0v) is 18.0. The molecule has 1 atom stereocenters. The van der Waals surface area contributed by atoms with Crippen LogP contribution in [0.4, 0.5) is 4.79 Å². The van der Waals surface area contributed by atoms with Crippen LogP contribution in [0, 0.1) is 0 Å². The van der Waals surface area contributed by atoms with Gasteiger partial charge in [-0.25, -0.2) is 4.79 Å². The second kappa shape index (κ2) is 9.85. The van der Waals surface area contributed by atoms with Crippen LogP contribution in [0.2, 0.25) is 10.0 Å². The first-order chi connectivity index (χ1) is 13.5. The smallest absolute Gasteiger partial charge is 0.408 e. The number of amides is 2. The van der Waals surface area contributed by atoms with Crippen LogP contribution >= 0.6 is 23.2 Å². The Hall–Kier alpha value is -2.44. The molecule has 0 aromatic heterocycles. The zero-order chi connectivity index (χ0) is 21.6. The van der Waals surface area contributed by atoms with E-state index in [0.29, 0.717) is 21.4 Å². The van der Waals surface area contributed by atoms with Crippen molar-refractivity contribution >= 4 is 35.2 Å². The van der Waals surface area contributed by atoms with Crippen molar-refractivity contribution in [2.45, 2.75) is 45.4 Å². The number of halogens is 2. The first-order valence-corrected chi connectivity index (χ1v) is 9.74. The van der Waals surface area contributed by atoms with E-state index in [9.17, 15) is 9.59 Å². The lowest BCUT2D eigenvalue weighted by Gasteiger charge is -2.22. The third-order valence-electron chi connectivity index (χ3n) is 3.84. The molecule has 0 bridgehead atoms. The van der Waals surface area contributed by atoms with Gasteiger partial charge in [-0.1, -0.05) is 41.4 Å². The van der Waals surface area contributed by atoms with E-state index >= 15 is 0 Å². The highest BCUT2D eigenvalue weighted by Crippen LogP contribution is 2.26. The lowest BCUT2D eigenvalue weighted by Crippen LogP contribution is -2.47. The SMILES string of the molecule is CC(C)(C)OC(=O)NC(Cc1ccc(OCc2c(Cl)cccc2Cl)cc1)C(N)=O. The van der Waals surface area contributed by atoms with Crippen LogP contribution in [0.5, 0.6) is 5.75 Å². The van der Waals surface area contributed by atoms with E-state index in [1.54, 1.807) is 63.2 Å². The van der Waals surface area contributed by atoms with Gasteiger partial charge in [-0.15, -0.1) is 0 Å². The summed E-state index contributed by atoms with van der Waals surface area (Å²) in [5, 5.41) is 3.57. The van der Waals surface area contributed by atoms with E-state index in [1.807, 2.05) is 0 Å². The van der Waals surface area contributed by atoms with Crippen LogP contribution in [0.1, 0.15) is 31.9 Å². The number of nitrogens with two attached hydrogens (primary N) is 1. The van der Waals surface area contributed by atoms with Gasteiger partial charge in [0.1, 0.15) is 24.0 Å². The number of hydrogen-bond donors (Lipinski definition) is 2. The van der Waals surface area contributed by atoms with Crippen LogP contribution in [0.25, 0.3) is 0 Å². The summed E-state index contributed by atoms with van der Waals surface area (Å²) in [6.07, 6.45) is -0.469. The second-order valence-corrected chi connectivity index (χ2v) is 8.25. The predicted octanol–water partition coefficient (Wildman–Crippen LogP) is 4.49. The average Bonchev–Trinajstić information content (AvgIpc) is 2.60. The molecule has 6 nitrogen and oxygen atoms in total. The van der Waals surface area contributed by atoms with Crippen LogP contribution in [-0.2, 0) is 22.6 Å². The Morgan fingerprint density at radius 1 is 1.07 bits per heavy atom. The van der Waals surface area contributed by atoms with Crippen LogP contribution in [0.15, 0.2) is 42.5 Å². The molecule has 1 unspecified atom stereocenters. The second-order valence-electron chi connectivity index (χ2n) is 7.44. The highest BCUT2D eigenvalue weighted by atomic mass is 35.5. The topological polar surface area (TPSA) is 90.7 Å². The van der Waals surface area contributed by atoms with E-state index in [4.69, 9.17) is 38.4 Å². The van der Waals surface area contributed by atoms with Crippen molar-refractivity contribution in [3.8, 4) is 5.75 Å². The Morgan fingerprint density at radius 2 is 1.66 bits per heavy atom. The first-order valence-electron chi connectivity index (χ1n) is 8.98. The first kappa shape index (κ1) is 22.8. The zero-order valence-electron chi connectivity index (χ0n) is 16.5. The average molecular weight is 439 g/mol. The number of carbonyl (C=O) groups is 2. The predicted molar refractivity (Wildman–Crippen MR) is 113 cm³/mol. The van der Waals surface area contributed by atoms with Gasteiger partial charge in [-0.05, 0) is 50.6 Å². The van der Waals surface area contributed by atoms with Gasteiger partial charge in [0.15, 0.2) is 0 Å². The molecule has 0 aliphatic heterocycles. The lowest BCUT2D eigenvalue weighted by atomic mass is 10.1. The molecule has 2 aromatic rings. The standard InChI is InChI=1S/C21H24Cl2N2O4/c1-21(2,3)29-20(27)25-18(19(24)26)11-13-7-9-14(10-8-13)28-12-15-16(22)5-4-6-17(15)23/h4-10,18H,11-12H2,1-3H3,(H2,24,26)(H,25,27). The molecular formula is C21H24Cl2N2O4. The van der Waals surface area contributed by atoms with Crippen LogP contribution < -0.4 is 15.8 Å². The molecule has 0 radical (unpaired) electrons. The minimum Gasteiger partial charge on any atom is -0.489 e. The molecule has 0 heterocycles. The van der Waals surface area contributed by atoms with E-state index < -0.39 is 23.6 Å². The number of benzene rings is 2. The number of ether oxygens (including phenoxy) is 2. The highest BCUT2D eigenvalue weighted by Gasteiger charge is 2.23. The molecule has 0 saturated heterocycles. The third-order valence-corrected chi connectivity index (χ3v) is 4.55. The Kier molecular flexibility index (Phi) is 7.76. The van der Waals surface area contributed by atoms with Crippen molar-refractivity contribution in [1.82, 2.24) is 5.32 Å². The van der Waals surface area contributed by atoms with E-state index in [2.05, 4.69) is 5.32 Å². The van der Waals surface area contributed by atoms with E-state index in [1.165, 1.54) is 0 Å². The van der Waals surface area contributed by atoms with Crippen molar-refractivity contribution in [3.63, 3.8) is 0 Å². The van der Waals surface area contributed by atoms with Gasteiger partial charge in [0, 0.05) is 22.0 Å².